The molecule has 5 nitrogen and oxygen atoms in total. The molecule has 3 rings (SSSR count). The number of nitrogens with zero attached hydrogens (tertiary/aromatic N) is 1. The normalized spacial score (nSPS) is 12.2. The summed E-state index contributed by atoms with van der Waals surface area (Å²) in [6.45, 7) is 5.68. The predicted molar refractivity (Wildman–Crippen MR) is 129 cm³/mol. The SMILES string of the molecule is CCc1ccccc1N(CC(=O)NC(CC)c1ccc(C)cc1)S(=O)(=O)c1ccccc1. The van der Waals surface area contributed by atoms with Crippen molar-refractivity contribution in [3.63, 3.8) is 0 Å². The van der Waals surface area contributed by atoms with Crippen LogP contribution in [0.5, 0.6) is 0 Å². The Morgan fingerprint density at radius 2 is 1.53 bits per heavy atom. The van der Waals surface area contributed by atoms with Crippen LogP contribution in [0.15, 0.2) is 83.8 Å². The van der Waals surface area contributed by atoms with Gasteiger partial charge in [-0.15, -0.1) is 0 Å². The topological polar surface area (TPSA) is 66.5 Å². The molecule has 1 amide bonds. The van der Waals surface area contributed by atoms with Crippen LogP contribution in [0.25, 0.3) is 0 Å². The molecule has 168 valence electrons. The van der Waals surface area contributed by atoms with Crippen molar-refractivity contribution in [3.8, 4) is 0 Å². The molecule has 0 fully saturated rings. The summed E-state index contributed by atoms with van der Waals surface area (Å²) in [5.74, 6) is -0.345. The van der Waals surface area contributed by atoms with Crippen LogP contribution in [0.2, 0.25) is 0 Å². The first-order chi connectivity index (χ1) is 15.4. The monoisotopic (exact) mass is 450 g/mol. The Balaban J connectivity index is 1.93. The molecule has 0 saturated carbocycles. The maximum absolute atomic E-state index is 13.5. The minimum absolute atomic E-state index is 0.157. The highest BCUT2D eigenvalue weighted by atomic mass is 32.2. The number of para-hydroxylation sites is 1. The zero-order chi connectivity index (χ0) is 23.1. The second kappa shape index (κ2) is 10.5. The molecule has 1 N–H and O–H groups in total. The summed E-state index contributed by atoms with van der Waals surface area (Å²) in [6, 6.07) is 23.4. The second-order valence-electron chi connectivity index (χ2n) is 7.75. The molecule has 3 aromatic rings. The number of hydrogen-bond donors (Lipinski definition) is 1. The van der Waals surface area contributed by atoms with Crippen molar-refractivity contribution in [1.29, 1.82) is 0 Å². The zero-order valence-corrected chi connectivity index (χ0v) is 19.6. The lowest BCUT2D eigenvalue weighted by Gasteiger charge is -2.27. The molecule has 0 aliphatic rings. The Kier molecular flexibility index (Phi) is 7.70. The van der Waals surface area contributed by atoms with E-state index < -0.39 is 10.0 Å². The molecule has 0 spiro atoms. The van der Waals surface area contributed by atoms with Gasteiger partial charge in [0.15, 0.2) is 0 Å². The molecule has 0 heterocycles. The summed E-state index contributed by atoms with van der Waals surface area (Å²) in [4.78, 5) is 13.3. The standard InChI is InChI=1S/C26H30N2O3S/c1-4-21-11-9-10-14-25(21)28(32(30,31)23-12-7-6-8-13-23)19-26(29)27-24(5-2)22-17-15-20(3)16-18-22/h6-18,24H,4-5,19H2,1-3H3,(H,27,29). The van der Waals surface area contributed by atoms with Crippen molar-refractivity contribution < 1.29 is 13.2 Å². The van der Waals surface area contributed by atoms with E-state index in [0.717, 1.165) is 16.7 Å². The zero-order valence-electron chi connectivity index (χ0n) is 18.8. The third-order valence-electron chi connectivity index (χ3n) is 5.48. The Morgan fingerprint density at radius 1 is 0.906 bits per heavy atom. The lowest BCUT2D eigenvalue weighted by atomic mass is 10.0. The fourth-order valence-corrected chi connectivity index (χ4v) is 5.14. The van der Waals surface area contributed by atoms with E-state index in [4.69, 9.17) is 0 Å². The van der Waals surface area contributed by atoms with Crippen LogP contribution >= 0.6 is 0 Å². The van der Waals surface area contributed by atoms with E-state index in [2.05, 4.69) is 5.32 Å². The molecule has 0 radical (unpaired) electrons. The van der Waals surface area contributed by atoms with E-state index in [1.807, 2.05) is 57.2 Å². The Bertz CT molecular complexity index is 1140. The Morgan fingerprint density at radius 3 is 2.16 bits per heavy atom. The van der Waals surface area contributed by atoms with Gasteiger partial charge in [-0.25, -0.2) is 8.42 Å². The van der Waals surface area contributed by atoms with E-state index >= 15 is 0 Å². The highest BCUT2D eigenvalue weighted by Crippen LogP contribution is 2.27. The van der Waals surface area contributed by atoms with Gasteiger partial charge in [-0.2, -0.15) is 0 Å². The molecule has 6 heteroatoms. The van der Waals surface area contributed by atoms with Crippen molar-refractivity contribution >= 4 is 21.6 Å². The number of benzene rings is 3. The van der Waals surface area contributed by atoms with Gasteiger partial charge in [0, 0.05) is 0 Å². The third kappa shape index (κ3) is 5.37. The van der Waals surface area contributed by atoms with Crippen LogP contribution in [-0.4, -0.2) is 20.9 Å². The number of nitrogens with one attached hydrogen (secondary N) is 1. The molecule has 0 saturated heterocycles. The minimum Gasteiger partial charge on any atom is -0.348 e. The number of carbonyl (C=O) groups is 1. The van der Waals surface area contributed by atoms with Crippen molar-refractivity contribution in [2.75, 3.05) is 10.8 Å². The summed E-state index contributed by atoms with van der Waals surface area (Å²) in [6.07, 6.45) is 1.35. The average Bonchev–Trinajstić information content (AvgIpc) is 2.82. The number of carbonyl (C=O) groups excluding carboxylic acids is 1. The number of hydrogen-bond acceptors (Lipinski definition) is 3. The largest absolute Gasteiger partial charge is 0.348 e. The molecule has 3 aromatic carbocycles. The van der Waals surface area contributed by atoms with Crippen LogP contribution < -0.4 is 9.62 Å². The molecule has 32 heavy (non-hydrogen) atoms. The quantitative estimate of drug-likeness (QED) is 0.498. The number of sulfonamides is 1. The number of aryl methyl sites for hydroxylation is 2. The first kappa shape index (κ1) is 23.5. The lowest BCUT2D eigenvalue weighted by Crippen LogP contribution is -2.42. The summed E-state index contributed by atoms with van der Waals surface area (Å²) < 4.78 is 28.3. The number of amides is 1. The summed E-state index contributed by atoms with van der Waals surface area (Å²) in [5, 5.41) is 3.02. The molecule has 0 aliphatic carbocycles. The first-order valence-corrected chi connectivity index (χ1v) is 12.3. The molecule has 0 bridgehead atoms. The van der Waals surface area contributed by atoms with Crippen LogP contribution in [0.3, 0.4) is 0 Å². The van der Waals surface area contributed by atoms with Crippen LogP contribution in [-0.2, 0) is 21.2 Å². The van der Waals surface area contributed by atoms with E-state index in [9.17, 15) is 13.2 Å². The molecular formula is C26H30N2O3S. The van der Waals surface area contributed by atoms with Crippen molar-refractivity contribution in [2.24, 2.45) is 0 Å². The Labute approximate surface area is 191 Å². The van der Waals surface area contributed by atoms with Gasteiger partial charge in [0.2, 0.25) is 5.91 Å². The molecule has 1 unspecified atom stereocenters. The van der Waals surface area contributed by atoms with E-state index in [1.54, 1.807) is 42.5 Å². The van der Waals surface area contributed by atoms with E-state index in [1.165, 1.54) is 4.31 Å². The highest BCUT2D eigenvalue weighted by molar-refractivity contribution is 7.92. The minimum atomic E-state index is -3.92. The maximum Gasteiger partial charge on any atom is 0.264 e. The van der Waals surface area contributed by atoms with Crippen LogP contribution in [0, 0.1) is 6.92 Å². The van der Waals surface area contributed by atoms with Gasteiger partial charge in [-0.3, -0.25) is 9.10 Å². The van der Waals surface area contributed by atoms with Gasteiger partial charge in [-0.1, -0.05) is 80.1 Å². The van der Waals surface area contributed by atoms with Gasteiger partial charge in [-0.05, 0) is 49.1 Å². The highest BCUT2D eigenvalue weighted by Gasteiger charge is 2.29. The molecule has 0 aliphatic heterocycles. The van der Waals surface area contributed by atoms with E-state index in [0.29, 0.717) is 18.5 Å². The summed E-state index contributed by atoms with van der Waals surface area (Å²) in [5.41, 5.74) is 3.53. The predicted octanol–water partition coefficient (Wildman–Crippen LogP) is 5.02. The number of rotatable bonds is 9. The van der Waals surface area contributed by atoms with Crippen LogP contribution in [0.1, 0.15) is 43.0 Å². The average molecular weight is 451 g/mol. The Hall–Kier alpha value is -3.12. The number of anilines is 1. The second-order valence-corrected chi connectivity index (χ2v) is 9.61. The maximum atomic E-state index is 13.5. The lowest BCUT2D eigenvalue weighted by molar-refractivity contribution is -0.120. The van der Waals surface area contributed by atoms with Crippen molar-refractivity contribution in [2.45, 2.75) is 44.6 Å². The fraction of sp³-hybridized carbons (Fsp3) is 0.269. The smallest absolute Gasteiger partial charge is 0.264 e. The first-order valence-electron chi connectivity index (χ1n) is 10.9. The molecule has 0 aromatic heterocycles. The molecule has 1 atom stereocenters. The van der Waals surface area contributed by atoms with Crippen molar-refractivity contribution in [1.82, 2.24) is 5.32 Å². The van der Waals surface area contributed by atoms with Gasteiger partial charge in [0.25, 0.3) is 10.0 Å². The summed E-state index contributed by atoms with van der Waals surface area (Å²) in [7, 11) is -3.92. The van der Waals surface area contributed by atoms with Crippen molar-refractivity contribution in [3.05, 3.63) is 95.6 Å². The van der Waals surface area contributed by atoms with Gasteiger partial charge in [0.1, 0.15) is 6.54 Å². The van der Waals surface area contributed by atoms with E-state index in [-0.39, 0.29) is 23.4 Å². The molecular weight excluding hydrogens is 420 g/mol. The van der Waals surface area contributed by atoms with Gasteiger partial charge >= 0.3 is 0 Å². The van der Waals surface area contributed by atoms with Crippen LogP contribution in [0.4, 0.5) is 5.69 Å². The fourth-order valence-electron chi connectivity index (χ4n) is 3.66. The summed E-state index contributed by atoms with van der Waals surface area (Å²) >= 11 is 0. The van der Waals surface area contributed by atoms with Gasteiger partial charge < -0.3 is 5.32 Å². The van der Waals surface area contributed by atoms with Gasteiger partial charge in [0.05, 0.1) is 16.6 Å². The third-order valence-corrected chi connectivity index (χ3v) is 7.26.